The van der Waals surface area contributed by atoms with E-state index < -0.39 is 5.78 Å². The predicted octanol–water partition coefficient (Wildman–Crippen LogP) is 1.99. The van der Waals surface area contributed by atoms with E-state index in [2.05, 4.69) is 0 Å². The molecule has 0 amide bonds. The third kappa shape index (κ3) is 1.83. The first-order valence-electron chi connectivity index (χ1n) is 4.13. The standard InChI is InChI=1S/C11H12O2/c1-7-4-10(11(13)6-12)5-8(2)9(7)3/h4-6H,1-3H3. The van der Waals surface area contributed by atoms with Crippen LogP contribution in [0, 0.1) is 20.8 Å². The Morgan fingerprint density at radius 3 is 2.00 bits per heavy atom. The average molecular weight is 176 g/mol. The Bertz CT molecular complexity index is 341. The Hall–Kier alpha value is -1.44. The molecule has 0 saturated heterocycles. The van der Waals surface area contributed by atoms with Gasteiger partial charge in [-0.05, 0) is 49.6 Å². The van der Waals surface area contributed by atoms with Gasteiger partial charge in [0, 0.05) is 5.56 Å². The minimum Gasteiger partial charge on any atom is -0.294 e. The number of hydrogen-bond donors (Lipinski definition) is 0. The zero-order valence-corrected chi connectivity index (χ0v) is 8.05. The summed E-state index contributed by atoms with van der Waals surface area (Å²) < 4.78 is 0. The van der Waals surface area contributed by atoms with Crippen LogP contribution in [0.15, 0.2) is 12.1 Å². The van der Waals surface area contributed by atoms with E-state index in [1.54, 1.807) is 12.1 Å². The molecule has 1 rings (SSSR count). The molecule has 2 heteroatoms. The van der Waals surface area contributed by atoms with Crippen molar-refractivity contribution in [1.82, 2.24) is 0 Å². The first-order valence-corrected chi connectivity index (χ1v) is 4.13. The average Bonchev–Trinajstić information content (AvgIpc) is 2.12. The fraction of sp³-hybridized carbons (Fsp3) is 0.273. The maximum atomic E-state index is 11.1. The van der Waals surface area contributed by atoms with Crippen molar-refractivity contribution in [1.29, 1.82) is 0 Å². The minimum atomic E-state index is -0.453. The Morgan fingerprint density at radius 2 is 1.62 bits per heavy atom. The molecule has 0 heterocycles. The number of rotatable bonds is 2. The minimum absolute atomic E-state index is 0.351. The summed E-state index contributed by atoms with van der Waals surface area (Å²) in [7, 11) is 0. The van der Waals surface area contributed by atoms with Crippen LogP contribution in [0.1, 0.15) is 27.0 Å². The molecule has 0 fully saturated rings. The molecule has 0 unspecified atom stereocenters. The molecule has 0 N–H and O–H groups in total. The molecule has 68 valence electrons. The number of Topliss-reactive ketones (excluding diaryl/α,β-unsaturated/α-hetero) is 1. The van der Waals surface area contributed by atoms with Crippen LogP contribution in [0.5, 0.6) is 0 Å². The van der Waals surface area contributed by atoms with Gasteiger partial charge in [0.05, 0.1) is 0 Å². The van der Waals surface area contributed by atoms with E-state index in [1.807, 2.05) is 20.8 Å². The van der Waals surface area contributed by atoms with E-state index >= 15 is 0 Å². The lowest BCUT2D eigenvalue weighted by molar-refractivity contribution is -0.104. The lowest BCUT2D eigenvalue weighted by Crippen LogP contribution is -2.02. The van der Waals surface area contributed by atoms with Crippen molar-refractivity contribution in [3.05, 3.63) is 34.4 Å². The van der Waals surface area contributed by atoms with E-state index in [9.17, 15) is 9.59 Å². The molecule has 0 radical (unpaired) electrons. The summed E-state index contributed by atoms with van der Waals surface area (Å²) in [5.41, 5.74) is 3.74. The number of aryl methyl sites for hydroxylation is 2. The maximum absolute atomic E-state index is 11.1. The zero-order chi connectivity index (χ0) is 10.0. The number of aldehydes is 1. The highest BCUT2D eigenvalue weighted by molar-refractivity contribution is 6.33. The van der Waals surface area contributed by atoms with Gasteiger partial charge < -0.3 is 0 Å². The topological polar surface area (TPSA) is 34.1 Å². The first kappa shape index (κ1) is 9.65. The molecule has 0 bridgehead atoms. The molecule has 0 aromatic heterocycles. The highest BCUT2D eigenvalue weighted by Crippen LogP contribution is 2.15. The van der Waals surface area contributed by atoms with Crippen LogP contribution in [0.25, 0.3) is 0 Å². The predicted molar refractivity (Wildman–Crippen MR) is 51.0 cm³/mol. The molecule has 0 saturated carbocycles. The Labute approximate surface area is 77.6 Å². The normalized spacial score (nSPS) is 9.77. The van der Waals surface area contributed by atoms with E-state index in [-0.39, 0.29) is 0 Å². The molecule has 0 aliphatic rings. The summed E-state index contributed by atoms with van der Waals surface area (Å²) in [5.74, 6) is -0.453. The summed E-state index contributed by atoms with van der Waals surface area (Å²) in [6.07, 6.45) is 0.351. The number of carbonyl (C=O) groups excluding carboxylic acids is 2. The number of benzene rings is 1. The van der Waals surface area contributed by atoms with Gasteiger partial charge in [-0.3, -0.25) is 9.59 Å². The lowest BCUT2D eigenvalue weighted by atomic mass is 9.99. The third-order valence-corrected chi connectivity index (χ3v) is 2.32. The molecule has 1 aromatic rings. The second-order valence-corrected chi connectivity index (χ2v) is 3.22. The quantitative estimate of drug-likeness (QED) is 0.392. The SMILES string of the molecule is Cc1cc(C(=O)C=O)cc(C)c1C. The second kappa shape index (κ2) is 3.52. The molecule has 13 heavy (non-hydrogen) atoms. The number of ketones is 1. The molecule has 0 aliphatic carbocycles. The molecular weight excluding hydrogens is 164 g/mol. The summed E-state index contributed by atoms with van der Waals surface area (Å²) in [5, 5.41) is 0. The van der Waals surface area contributed by atoms with Crippen molar-refractivity contribution in [2.45, 2.75) is 20.8 Å². The van der Waals surface area contributed by atoms with Crippen molar-refractivity contribution in [3.8, 4) is 0 Å². The van der Waals surface area contributed by atoms with Crippen molar-refractivity contribution >= 4 is 12.1 Å². The van der Waals surface area contributed by atoms with E-state index in [0.717, 1.165) is 11.1 Å². The van der Waals surface area contributed by atoms with Crippen LogP contribution in [0.4, 0.5) is 0 Å². The van der Waals surface area contributed by atoms with Crippen LogP contribution in [0.3, 0.4) is 0 Å². The van der Waals surface area contributed by atoms with Gasteiger partial charge in [-0.15, -0.1) is 0 Å². The highest BCUT2D eigenvalue weighted by atomic mass is 16.2. The van der Waals surface area contributed by atoms with Crippen LogP contribution in [-0.4, -0.2) is 12.1 Å². The van der Waals surface area contributed by atoms with Crippen molar-refractivity contribution in [2.75, 3.05) is 0 Å². The molecule has 2 nitrogen and oxygen atoms in total. The summed E-state index contributed by atoms with van der Waals surface area (Å²) in [6, 6.07) is 3.50. The zero-order valence-electron chi connectivity index (χ0n) is 8.05. The fourth-order valence-corrected chi connectivity index (χ4v) is 1.25. The number of hydrogen-bond acceptors (Lipinski definition) is 2. The molecule has 0 spiro atoms. The lowest BCUT2D eigenvalue weighted by Gasteiger charge is -2.05. The number of carbonyl (C=O) groups is 2. The molecule has 0 atom stereocenters. The van der Waals surface area contributed by atoms with Gasteiger partial charge in [0.25, 0.3) is 0 Å². The van der Waals surface area contributed by atoms with Crippen molar-refractivity contribution in [3.63, 3.8) is 0 Å². The summed E-state index contributed by atoms with van der Waals surface area (Å²) in [4.78, 5) is 21.3. The van der Waals surface area contributed by atoms with Crippen LogP contribution < -0.4 is 0 Å². The molecule has 0 aliphatic heterocycles. The highest BCUT2D eigenvalue weighted by Gasteiger charge is 2.06. The fourth-order valence-electron chi connectivity index (χ4n) is 1.25. The Balaban J connectivity index is 3.28. The van der Waals surface area contributed by atoms with Crippen LogP contribution >= 0.6 is 0 Å². The van der Waals surface area contributed by atoms with Gasteiger partial charge in [0.15, 0.2) is 6.29 Å². The largest absolute Gasteiger partial charge is 0.294 e. The van der Waals surface area contributed by atoms with Gasteiger partial charge in [-0.2, -0.15) is 0 Å². The molecule has 1 aromatic carbocycles. The van der Waals surface area contributed by atoms with Gasteiger partial charge in [0.2, 0.25) is 5.78 Å². The monoisotopic (exact) mass is 176 g/mol. The summed E-state index contributed by atoms with van der Waals surface area (Å²) >= 11 is 0. The first-order chi connectivity index (χ1) is 6.06. The van der Waals surface area contributed by atoms with Crippen molar-refractivity contribution < 1.29 is 9.59 Å². The smallest absolute Gasteiger partial charge is 0.225 e. The second-order valence-electron chi connectivity index (χ2n) is 3.22. The summed E-state index contributed by atoms with van der Waals surface area (Å²) in [6.45, 7) is 5.87. The van der Waals surface area contributed by atoms with Gasteiger partial charge in [-0.1, -0.05) is 0 Å². The van der Waals surface area contributed by atoms with Gasteiger partial charge in [-0.25, -0.2) is 0 Å². The van der Waals surface area contributed by atoms with Gasteiger partial charge in [0.1, 0.15) is 0 Å². The molecular formula is C11H12O2. The van der Waals surface area contributed by atoms with Crippen molar-refractivity contribution in [2.24, 2.45) is 0 Å². The Kier molecular flexibility index (Phi) is 2.61. The van der Waals surface area contributed by atoms with E-state index in [4.69, 9.17) is 0 Å². The maximum Gasteiger partial charge on any atom is 0.225 e. The van der Waals surface area contributed by atoms with Crippen LogP contribution in [0.2, 0.25) is 0 Å². The van der Waals surface area contributed by atoms with Crippen LogP contribution in [-0.2, 0) is 4.79 Å². The Morgan fingerprint density at radius 1 is 1.15 bits per heavy atom. The van der Waals surface area contributed by atoms with Gasteiger partial charge >= 0.3 is 0 Å². The van der Waals surface area contributed by atoms with E-state index in [1.165, 1.54) is 5.56 Å². The third-order valence-electron chi connectivity index (χ3n) is 2.32. The van der Waals surface area contributed by atoms with E-state index in [0.29, 0.717) is 11.8 Å².